The lowest BCUT2D eigenvalue weighted by molar-refractivity contribution is 0.145. The highest BCUT2D eigenvalue weighted by Gasteiger charge is 2.19. The third-order valence-electron chi connectivity index (χ3n) is 4.35. The van der Waals surface area contributed by atoms with E-state index in [2.05, 4.69) is 15.0 Å². The zero-order valence-electron chi connectivity index (χ0n) is 15.9. The van der Waals surface area contributed by atoms with Gasteiger partial charge in [0, 0.05) is 42.2 Å². The molecule has 3 rings (SSSR count). The van der Waals surface area contributed by atoms with E-state index >= 15 is 0 Å². The van der Waals surface area contributed by atoms with Crippen molar-refractivity contribution in [2.75, 3.05) is 18.0 Å². The number of hydrogen-bond acceptors (Lipinski definition) is 6. The van der Waals surface area contributed by atoms with Crippen LogP contribution < -0.4 is 16.4 Å². The molecule has 1 saturated heterocycles. The number of anilines is 1. The van der Waals surface area contributed by atoms with Crippen molar-refractivity contribution < 1.29 is 19.0 Å². The summed E-state index contributed by atoms with van der Waals surface area (Å²) in [7, 11) is 0. The molecule has 0 aliphatic carbocycles. The van der Waals surface area contributed by atoms with Crippen molar-refractivity contribution in [3.8, 4) is 11.1 Å². The minimum Gasteiger partial charge on any atom is -0.443 e. The fourth-order valence-electron chi connectivity index (χ4n) is 2.88. The monoisotopic (exact) mass is 460 g/mol. The van der Waals surface area contributed by atoms with Gasteiger partial charge in [-0.15, -0.1) is 29.8 Å². The molecule has 1 aliphatic heterocycles. The molecule has 0 atom stereocenters. The van der Waals surface area contributed by atoms with Crippen LogP contribution in [0.25, 0.3) is 11.1 Å². The molecule has 30 heavy (non-hydrogen) atoms. The number of benzene rings is 1. The first-order valence-corrected chi connectivity index (χ1v) is 8.73. The summed E-state index contributed by atoms with van der Waals surface area (Å²) < 4.78 is 19.6. The number of aromatic nitrogens is 2. The topological polar surface area (TPSA) is 140 Å². The van der Waals surface area contributed by atoms with Crippen molar-refractivity contribution in [1.82, 2.24) is 9.97 Å². The second-order valence-electron chi connectivity index (χ2n) is 6.36. The Kier molecular flexibility index (Phi) is 9.70. The number of amides is 1. The van der Waals surface area contributed by atoms with Crippen LogP contribution in [0, 0.1) is 5.82 Å². The maximum Gasteiger partial charge on any atom is 0.437 e. The van der Waals surface area contributed by atoms with E-state index in [1.54, 1.807) is 24.5 Å². The summed E-state index contributed by atoms with van der Waals surface area (Å²) in [6.07, 6.45) is 3.14. The van der Waals surface area contributed by atoms with E-state index in [9.17, 15) is 14.3 Å². The predicted molar refractivity (Wildman–Crippen MR) is 115 cm³/mol. The Morgan fingerprint density at radius 1 is 1.23 bits per heavy atom. The van der Waals surface area contributed by atoms with Crippen LogP contribution in [-0.4, -0.2) is 46.3 Å². The molecule has 0 spiro atoms. The normalized spacial score (nSPS) is 13.6. The molecule has 1 fully saturated rings. The highest BCUT2D eigenvalue weighted by atomic mass is 35.5. The lowest BCUT2D eigenvalue weighted by atomic mass is 10.1. The first kappa shape index (κ1) is 25.3. The first-order valence-electron chi connectivity index (χ1n) is 8.73. The molecule has 1 aromatic heterocycles. The molecule has 5 N–H and O–H groups in total. The van der Waals surface area contributed by atoms with Gasteiger partial charge in [0.15, 0.2) is 5.96 Å². The van der Waals surface area contributed by atoms with Crippen LogP contribution in [-0.2, 0) is 11.3 Å². The lowest BCUT2D eigenvalue weighted by Gasteiger charge is -2.29. The van der Waals surface area contributed by atoms with Crippen LogP contribution in [0.5, 0.6) is 0 Å². The van der Waals surface area contributed by atoms with Gasteiger partial charge in [-0.05, 0) is 12.8 Å². The second kappa shape index (κ2) is 11.5. The number of piperidine rings is 1. The Balaban J connectivity index is 0.00000225. The number of halogens is 3. The van der Waals surface area contributed by atoms with E-state index in [0.717, 1.165) is 0 Å². The minimum absolute atomic E-state index is 0. The Morgan fingerprint density at radius 2 is 1.87 bits per heavy atom. The summed E-state index contributed by atoms with van der Waals surface area (Å²) in [6, 6.07) is 4.73. The zero-order valence-corrected chi connectivity index (χ0v) is 17.5. The highest BCUT2D eigenvalue weighted by Crippen LogP contribution is 2.26. The number of nitrogens with two attached hydrogens (primary N) is 2. The van der Waals surface area contributed by atoms with Gasteiger partial charge in [0.25, 0.3) is 0 Å². The van der Waals surface area contributed by atoms with Gasteiger partial charge in [0.2, 0.25) is 5.95 Å². The number of hydrogen-bond donors (Lipinski definition) is 3. The number of nitrogens with zero attached hydrogens (tertiary/aromatic N) is 4. The summed E-state index contributed by atoms with van der Waals surface area (Å²) in [4.78, 5) is 25.2. The molecule has 1 amide bonds. The Labute approximate surface area is 185 Å². The number of rotatable bonds is 4. The average Bonchev–Trinajstić information content (AvgIpc) is 2.67. The average molecular weight is 461 g/mol. The number of carbonyl (C=O) groups is 1. The third-order valence-corrected chi connectivity index (χ3v) is 4.35. The van der Waals surface area contributed by atoms with Crippen LogP contribution in [0.2, 0.25) is 0 Å². The highest BCUT2D eigenvalue weighted by molar-refractivity contribution is 5.87. The van der Waals surface area contributed by atoms with Crippen molar-refractivity contribution >= 4 is 42.8 Å². The van der Waals surface area contributed by atoms with Gasteiger partial charge in [-0.3, -0.25) is 0 Å². The SMILES string of the molecule is Cl.Cl.NC(N)=NC(=O)OCc1cccc(-c2cnc(N3CCC(O)CC3)nc2)c1F. The van der Waals surface area contributed by atoms with Gasteiger partial charge in [-0.25, -0.2) is 19.2 Å². The van der Waals surface area contributed by atoms with Crippen molar-refractivity contribution in [3.05, 3.63) is 42.0 Å². The Bertz CT molecular complexity index is 873. The summed E-state index contributed by atoms with van der Waals surface area (Å²) in [5.41, 5.74) is 11.1. The standard InChI is InChI=1S/C18H21FN6O3.2ClH/c19-15-11(10-28-18(27)24-16(20)21)2-1-3-14(15)12-8-22-17(23-9-12)25-6-4-13(26)5-7-25;;/h1-3,8-9,13,26H,4-7,10H2,(H4,20,21,24,27);2*1H. The van der Waals surface area contributed by atoms with Crippen LogP contribution >= 0.6 is 24.8 Å². The quantitative estimate of drug-likeness (QED) is 0.464. The smallest absolute Gasteiger partial charge is 0.437 e. The second-order valence-corrected chi connectivity index (χ2v) is 6.36. The van der Waals surface area contributed by atoms with Crippen molar-refractivity contribution in [3.63, 3.8) is 0 Å². The molecule has 2 heterocycles. The number of aliphatic hydroxyl groups excluding tert-OH is 1. The van der Waals surface area contributed by atoms with Crippen molar-refractivity contribution in [2.45, 2.75) is 25.6 Å². The predicted octanol–water partition coefficient (Wildman–Crippen LogP) is 2.00. The van der Waals surface area contributed by atoms with E-state index in [1.807, 2.05) is 4.90 Å². The number of aliphatic hydroxyl groups is 1. The van der Waals surface area contributed by atoms with Gasteiger partial charge >= 0.3 is 6.09 Å². The largest absolute Gasteiger partial charge is 0.443 e. The molecule has 0 bridgehead atoms. The molecule has 1 aromatic carbocycles. The molecular weight excluding hydrogens is 438 g/mol. The summed E-state index contributed by atoms with van der Waals surface area (Å²) >= 11 is 0. The summed E-state index contributed by atoms with van der Waals surface area (Å²) in [6.45, 7) is 1.03. The van der Waals surface area contributed by atoms with E-state index < -0.39 is 17.9 Å². The zero-order chi connectivity index (χ0) is 20.1. The molecule has 0 radical (unpaired) electrons. The fraction of sp³-hybridized carbons (Fsp3) is 0.333. The fourth-order valence-corrected chi connectivity index (χ4v) is 2.88. The van der Waals surface area contributed by atoms with Gasteiger partial charge in [0.1, 0.15) is 12.4 Å². The Morgan fingerprint density at radius 3 is 2.47 bits per heavy atom. The molecule has 0 saturated carbocycles. The number of carbonyl (C=O) groups excluding carboxylic acids is 1. The molecule has 1 aliphatic rings. The van der Waals surface area contributed by atoms with Gasteiger partial charge < -0.3 is 26.2 Å². The summed E-state index contributed by atoms with van der Waals surface area (Å²) in [5.74, 6) is -0.435. The number of ether oxygens (including phenoxy) is 1. The van der Waals surface area contributed by atoms with E-state index in [0.29, 0.717) is 37.4 Å². The molecule has 0 unspecified atom stereocenters. The van der Waals surface area contributed by atoms with Crippen LogP contribution in [0.4, 0.5) is 15.1 Å². The van der Waals surface area contributed by atoms with Gasteiger partial charge in [-0.1, -0.05) is 18.2 Å². The van der Waals surface area contributed by atoms with Crippen LogP contribution in [0.1, 0.15) is 18.4 Å². The molecule has 9 nitrogen and oxygen atoms in total. The first-order chi connectivity index (χ1) is 13.4. The van der Waals surface area contributed by atoms with E-state index in [4.69, 9.17) is 16.2 Å². The van der Waals surface area contributed by atoms with E-state index in [1.165, 1.54) is 6.07 Å². The maximum atomic E-state index is 14.8. The number of aliphatic imine (C=N–C) groups is 1. The molecule has 12 heteroatoms. The lowest BCUT2D eigenvalue weighted by Crippen LogP contribution is -2.36. The van der Waals surface area contributed by atoms with Gasteiger partial charge in [-0.2, -0.15) is 0 Å². The third kappa shape index (κ3) is 6.41. The molecular formula is C18H23Cl2FN6O3. The number of guanidine groups is 1. The van der Waals surface area contributed by atoms with Crippen LogP contribution in [0.3, 0.4) is 0 Å². The van der Waals surface area contributed by atoms with Gasteiger partial charge in [0.05, 0.1) is 6.10 Å². The van der Waals surface area contributed by atoms with Crippen molar-refractivity contribution in [2.24, 2.45) is 16.5 Å². The maximum absolute atomic E-state index is 14.8. The molecule has 2 aromatic rings. The van der Waals surface area contributed by atoms with Crippen LogP contribution in [0.15, 0.2) is 35.6 Å². The Hall–Kier alpha value is -2.69. The summed E-state index contributed by atoms with van der Waals surface area (Å²) in [5, 5.41) is 9.58. The van der Waals surface area contributed by atoms with E-state index in [-0.39, 0.29) is 48.7 Å². The van der Waals surface area contributed by atoms with Crippen molar-refractivity contribution in [1.29, 1.82) is 0 Å². The minimum atomic E-state index is -0.996. The molecule has 164 valence electrons.